The Balaban J connectivity index is 1.23. The molecule has 3 unspecified atom stereocenters. The van der Waals surface area contributed by atoms with Gasteiger partial charge in [-0.05, 0) is 30.0 Å². The first-order chi connectivity index (χ1) is 19.9. The Morgan fingerprint density at radius 2 is 1.95 bits per heavy atom. The van der Waals surface area contributed by atoms with Gasteiger partial charge in [-0.25, -0.2) is 19.1 Å². The lowest BCUT2D eigenvalue weighted by molar-refractivity contribution is -0.513. The number of aliphatic hydroxyl groups excluding tert-OH is 1. The fourth-order valence-corrected chi connectivity index (χ4v) is 6.47. The number of carbonyl (C=O) groups excluding carboxylic acids is 2. The van der Waals surface area contributed by atoms with Crippen molar-refractivity contribution >= 4 is 23.7 Å². The van der Waals surface area contributed by atoms with E-state index in [-0.39, 0.29) is 36.0 Å². The normalized spacial score (nSPS) is 28.7. The van der Waals surface area contributed by atoms with Gasteiger partial charge in [-0.1, -0.05) is 26.0 Å². The van der Waals surface area contributed by atoms with Gasteiger partial charge in [-0.2, -0.15) is 0 Å². The standard InChI is InChI=1S/C28H32F2N8O4/c1-27(2)6-7-42-20-16(4-3-5-17(20)27)24(41)34-19-12-38-26(32)35-18(21-28(38,22(19)39)37-25(31)36-21)11-33-23(40)13-8-14(29)10-15(30)9-13/h3-5,8-10,18-19,21-22,39H,6-7,11-12H2,1-2H3,(H2,32,35)(H,33,40)(H,34,41)(H3,31,36,37)/p+1/t18-,19?,21?,22+,28?/m0/s1. The second kappa shape index (κ2) is 9.82. The molecule has 0 saturated carbocycles. The Morgan fingerprint density at radius 1 is 1.21 bits per heavy atom. The number of guanidine groups is 2. The molecule has 14 heteroatoms. The van der Waals surface area contributed by atoms with Crippen LogP contribution in [0.15, 0.2) is 41.4 Å². The predicted molar refractivity (Wildman–Crippen MR) is 147 cm³/mol. The van der Waals surface area contributed by atoms with Crippen molar-refractivity contribution in [2.45, 2.75) is 55.6 Å². The van der Waals surface area contributed by atoms with Crippen molar-refractivity contribution in [3.8, 4) is 5.75 Å². The molecule has 1 spiro atoms. The summed E-state index contributed by atoms with van der Waals surface area (Å²) in [5.41, 5.74) is 12.1. The fourth-order valence-electron chi connectivity index (χ4n) is 6.47. The highest BCUT2D eigenvalue weighted by molar-refractivity contribution is 5.98. The van der Waals surface area contributed by atoms with Crippen LogP contribution in [0.5, 0.6) is 5.75 Å². The molecule has 42 heavy (non-hydrogen) atoms. The van der Waals surface area contributed by atoms with Gasteiger partial charge in [0, 0.05) is 30.3 Å². The van der Waals surface area contributed by atoms with Crippen molar-refractivity contribution in [3.05, 3.63) is 64.7 Å². The largest absolute Gasteiger partial charge is 0.492 e. The maximum Gasteiger partial charge on any atom is 0.343 e. The van der Waals surface area contributed by atoms with E-state index in [1.807, 2.05) is 12.1 Å². The van der Waals surface area contributed by atoms with E-state index < -0.39 is 53.3 Å². The van der Waals surface area contributed by atoms with Crippen LogP contribution in [0.1, 0.15) is 46.5 Å². The molecule has 12 nitrogen and oxygen atoms in total. The van der Waals surface area contributed by atoms with Gasteiger partial charge in [-0.3, -0.25) is 20.3 Å². The smallest absolute Gasteiger partial charge is 0.343 e. The molecule has 0 bridgehead atoms. The lowest BCUT2D eigenvalue weighted by atomic mass is 9.79. The van der Waals surface area contributed by atoms with Gasteiger partial charge in [0.1, 0.15) is 29.5 Å². The summed E-state index contributed by atoms with van der Waals surface area (Å²) >= 11 is 0. The summed E-state index contributed by atoms with van der Waals surface area (Å²) in [5.74, 6) is -2.15. The molecule has 4 heterocycles. The first-order valence-electron chi connectivity index (χ1n) is 13.7. The monoisotopic (exact) mass is 583 g/mol. The van der Waals surface area contributed by atoms with Gasteiger partial charge in [0.25, 0.3) is 11.8 Å². The molecule has 2 aromatic rings. The summed E-state index contributed by atoms with van der Waals surface area (Å²) in [5, 5.41) is 20.3. The summed E-state index contributed by atoms with van der Waals surface area (Å²) in [7, 11) is 0. The molecule has 222 valence electrons. The Hall–Kier alpha value is -4.46. The molecule has 0 aromatic heterocycles. The number of nitrogens with two attached hydrogens (primary N) is 2. The Bertz CT molecular complexity index is 1510. The van der Waals surface area contributed by atoms with E-state index in [4.69, 9.17) is 16.2 Å². The molecule has 9 N–H and O–H groups in total. The van der Waals surface area contributed by atoms with Crippen LogP contribution in [0, 0.1) is 11.6 Å². The van der Waals surface area contributed by atoms with Crippen molar-refractivity contribution in [2.75, 3.05) is 19.7 Å². The van der Waals surface area contributed by atoms with Crippen LogP contribution < -0.4 is 37.1 Å². The van der Waals surface area contributed by atoms with Gasteiger partial charge in [0.2, 0.25) is 5.66 Å². The highest BCUT2D eigenvalue weighted by Gasteiger charge is 2.68. The minimum absolute atomic E-state index is 0.0595. The number of hydrogen-bond donors (Lipinski definition) is 7. The lowest BCUT2D eigenvalue weighted by Gasteiger charge is -2.43. The summed E-state index contributed by atoms with van der Waals surface area (Å²) in [6.45, 7) is 4.71. The zero-order valence-corrected chi connectivity index (χ0v) is 23.1. The number of nitrogens with zero attached hydrogens (tertiary/aromatic N) is 2. The van der Waals surface area contributed by atoms with Crippen molar-refractivity contribution in [1.29, 1.82) is 0 Å². The Kier molecular flexibility index (Phi) is 6.48. The van der Waals surface area contributed by atoms with Crippen LogP contribution >= 0.6 is 0 Å². The zero-order chi connectivity index (χ0) is 30.0. The van der Waals surface area contributed by atoms with Crippen LogP contribution in [-0.2, 0) is 5.41 Å². The van der Waals surface area contributed by atoms with Gasteiger partial charge >= 0.3 is 5.96 Å². The quantitative estimate of drug-likeness (QED) is 0.211. The summed E-state index contributed by atoms with van der Waals surface area (Å²) in [6.07, 6.45) is -0.400. The molecule has 4 aliphatic heterocycles. The van der Waals surface area contributed by atoms with E-state index in [2.05, 4.69) is 39.8 Å². The third-order valence-electron chi connectivity index (χ3n) is 8.61. The van der Waals surface area contributed by atoms with Crippen LogP contribution in [0.4, 0.5) is 8.78 Å². The van der Waals surface area contributed by atoms with Crippen LogP contribution in [0.2, 0.25) is 0 Å². The van der Waals surface area contributed by atoms with Gasteiger partial charge < -0.3 is 31.1 Å². The topological polar surface area (TPSA) is 181 Å². The summed E-state index contributed by atoms with van der Waals surface area (Å²) in [6, 6.07) is 5.75. The number of amides is 2. The number of fused-ring (bicyclic) bond motifs is 1. The third-order valence-corrected chi connectivity index (χ3v) is 8.61. The van der Waals surface area contributed by atoms with E-state index in [1.54, 1.807) is 11.0 Å². The summed E-state index contributed by atoms with van der Waals surface area (Å²) in [4.78, 5) is 35.4. The Morgan fingerprint density at radius 3 is 2.69 bits per heavy atom. The molecule has 1 saturated heterocycles. The van der Waals surface area contributed by atoms with Gasteiger partial charge in [0.05, 0.1) is 18.2 Å². The SMILES string of the molecule is CC1(C)CCOc2c(C(=O)NC3CN4C(N)=N[C@@H](CNC(=O)c5cc(F)cc(F)c5)C5[NH+]=C(N)NC54[C@@H]3O)cccc21. The van der Waals surface area contributed by atoms with Gasteiger partial charge in [-0.15, -0.1) is 0 Å². The summed E-state index contributed by atoms with van der Waals surface area (Å²) < 4.78 is 33.2. The minimum atomic E-state index is -1.30. The van der Waals surface area contributed by atoms with Gasteiger partial charge in [0.15, 0.2) is 12.0 Å². The number of aliphatic imine (C=N–C) groups is 1. The fraction of sp³-hybridized carbons (Fsp3) is 0.429. The van der Waals surface area contributed by atoms with E-state index in [0.717, 1.165) is 24.1 Å². The molecule has 0 aliphatic carbocycles. The average molecular weight is 584 g/mol. The number of ether oxygens (including phenoxy) is 1. The number of rotatable bonds is 5. The predicted octanol–water partition coefficient (Wildman–Crippen LogP) is -2.01. The number of aliphatic hydroxyl groups is 1. The minimum Gasteiger partial charge on any atom is -0.492 e. The molecule has 2 aromatic carbocycles. The maximum atomic E-state index is 13.6. The number of halogens is 2. The van der Waals surface area contributed by atoms with Crippen molar-refractivity contribution in [1.82, 2.24) is 20.9 Å². The Labute approximate surface area is 240 Å². The number of para-hydroxylation sites is 1. The highest BCUT2D eigenvalue weighted by Crippen LogP contribution is 2.41. The first-order valence-corrected chi connectivity index (χ1v) is 13.7. The maximum absolute atomic E-state index is 13.6. The molecule has 4 aliphatic rings. The number of hydrogen-bond acceptors (Lipinski definition) is 9. The average Bonchev–Trinajstić information content (AvgIpc) is 3.42. The molecule has 2 amide bonds. The van der Waals surface area contributed by atoms with Crippen molar-refractivity contribution in [2.24, 2.45) is 16.5 Å². The van der Waals surface area contributed by atoms with Crippen LogP contribution in [0.25, 0.3) is 0 Å². The number of carbonyl (C=O) groups is 2. The highest BCUT2D eigenvalue weighted by atomic mass is 19.1. The van der Waals surface area contributed by atoms with E-state index >= 15 is 0 Å². The second-order valence-electron chi connectivity index (χ2n) is 11.7. The van der Waals surface area contributed by atoms with E-state index in [9.17, 15) is 23.5 Å². The van der Waals surface area contributed by atoms with E-state index in [0.29, 0.717) is 24.0 Å². The first kappa shape index (κ1) is 27.7. The molecule has 1 fully saturated rings. The second-order valence-corrected chi connectivity index (χ2v) is 11.7. The molecule has 0 radical (unpaired) electrons. The van der Waals surface area contributed by atoms with Crippen molar-refractivity contribution < 1.29 is 33.2 Å². The lowest BCUT2D eigenvalue weighted by Crippen LogP contribution is -2.88. The van der Waals surface area contributed by atoms with Crippen molar-refractivity contribution in [3.63, 3.8) is 0 Å². The number of benzene rings is 2. The zero-order valence-electron chi connectivity index (χ0n) is 23.1. The molecular formula is C28H33F2N8O4+. The molecule has 6 rings (SSSR count). The van der Waals surface area contributed by atoms with Crippen LogP contribution in [-0.4, -0.2) is 83.3 Å². The molecular weight excluding hydrogens is 550 g/mol. The third kappa shape index (κ3) is 4.37. The van der Waals surface area contributed by atoms with E-state index in [1.165, 1.54) is 0 Å². The van der Waals surface area contributed by atoms with Crippen LogP contribution in [0.3, 0.4) is 0 Å². The number of nitrogens with one attached hydrogen (secondary N) is 4. The molecule has 5 atom stereocenters.